The molecule has 24 heavy (non-hydrogen) atoms. The van der Waals surface area contributed by atoms with Crippen molar-refractivity contribution in [1.29, 1.82) is 0 Å². The van der Waals surface area contributed by atoms with Gasteiger partial charge in [0.2, 0.25) is 0 Å². The third kappa shape index (κ3) is 6.57. The fourth-order valence-corrected chi connectivity index (χ4v) is 3.11. The van der Waals surface area contributed by atoms with Gasteiger partial charge in [0, 0.05) is 46.3 Å². The van der Waals surface area contributed by atoms with Crippen LogP contribution in [-0.4, -0.2) is 63.7 Å². The summed E-state index contributed by atoms with van der Waals surface area (Å²) in [4.78, 5) is 8.95. The van der Waals surface area contributed by atoms with Crippen LogP contribution in [0, 0.1) is 5.92 Å². The highest BCUT2D eigenvalue weighted by molar-refractivity contribution is 14.0. The van der Waals surface area contributed by atoms with E-state index in [-0.39, 0.29) is 24.0 Å². The lowest BCUT2D eigenvalue weighted by Gasteiger charge is -2.22. The minimum Gasteiger partial charge on any atom is -0.384 e. The lowest BCUT2D eigenvalue weighted by molar-refractivity contribution is 0.157. The third-order valence-corrected chi connectivity index (χ3v) is 4.14. The molecule has 1 fully saturated rings. The molecule has 1 N–H and O–H groups in total. The van der Waals surface area contributed by atoms with Gasteiger partial charge in [-0.15, -0.1) is 24.0 Å². The molecule has 1 aliphatic rings. The van der Waals surface area contributed by atoms with Gasteiger partial charge < -0.3 is 19.9 Å². The molecule has 1 heterocycles. The van der Waals surface area contributed by atoms with Gasteiger partial charge in [-0.25, -0.2) is 0 Å². The average molecular weight is 446 g/mol. The number of hydrogen-bond donors (Lipinski definition) is 1. The summed E-state index contributed by atoms with van der Waals surface area (Å²) >= 11 is 0. The number of aliphatic imine (C=N–C) groups is 1. The summed E-state index contributed by atoms with van der Waals surface area (Å²) < 4.78 is 5.27. The van der Waals surface area contributed by atoms with Gasteiger partial charge in [-0.1, -0.05) is 24.3 Å². The molecule has 1 aliphatic heterocycles. The van der Waals surface area contributed by atoms with Gasteiger partial charge in [-0.3, -0.25) is 4.99 Å². The molecule has 1 saturated heterocycles. The molecule has 1 aromatic rings. The number of hydrogen-bond acceptors (Lipinski definition) is 3. The van der Waals surface area contributed by atoms with E-state index >= 15 is 0 Å². The van der Waals surface area contributed by atoms with Crippen molar-refractivity contribution in [3.63, 3.8) is 0 Å². The van der Waals surface area contributed by atoms with Crippen molar-refractivity contribution < 1.29 is 4.74 Å². The lowest BCUT2D eigenvalue weighted by atomic mass is 10.1. The van der Waals surface area contributed by atoms with E-state index in [1.54, 1.807) is 7.11 Å². The van der Waals surface area contributed by atoms with E-state index < -0.39 is 0 Å². The zero-order valence-electron chi connectivity index (χ0n) is 15.3. The smallest absolute Gasteiger partial charge is 0.193 e. The topological polar surface area (TPSA) is 40.1 Å². The molecule has 6 heteroatoms. The Bertz CT molecular complexity index is 521. The van der Waals surface area contributed by atoms with Crippen LogP contribution in [0.4, 0.5) is 0 Å². The fourth-order valence-electron chi connectivity index (χ4n) is 3.11. The summed E-state index contributed by atoms with van der Waals surface area (Å²) in [5.74, 6) is 1.60. The SMILES string of the molecule is CN=C(NCc1cccc(CN(C)C)c1)N1CCC(COC)C1.I. The molecule has 2 rings (SSSR count). The average Bonchev–Trinajstić information content (AvgIpc) is 2.96. The predicted octanol–water partition coefficient (Wildman–Crippen LogP) is 2.41. The van der Waals surface area contributed by atoms with Gasteiger partial charge in [-0.05, 0) is 31.6 Å². The number of likely N-dealkylation sites (tertiary alicyclic amines) is 1. The quantitative estimate of drug-likeness (QED) is 0.414. The van der Waals surface area contributed by atoms with Crippen LogP contribution in [-0.2, 0) is 17.8 Å². The number of halogens is 1. The Morgan fingerprint density at radius 2 is 2.12 bits per heavy atom. The maximum atomic E-state index is 5.27. The largest absolute Gasteiger partial charge is 0.384 e. The highest BCUT2D eigenvalue weighted by atomic mass is 127. The highest BCUT2D eigenvalue weighted by Crippen LogP contribution is 2.16. The third-order valence-electron chi connectivity index (χ3n) is 4.14. The van der Waals surface area contributed by atoms with Crippen molar-refractivity contribution in [2.75, 3.05) is 47.9 Å². The van der Waals surface area contributed by atoms with Gasteiger partial charge >= 0.3 is 0 Å². The summed E-state index contributed by atoms with van der Waals surface area (Å²) in [6.45, 7) is 4.68. The Morgan fingerprint density at radius 3 is 2.79 bits per heavy atom. The molecule has 0 aliphatic carbocycles. The Morgan fingerprint density at radius 1 is 1.38 bits per heavy atom. The van der Waals surface area contributed by atoms with Crippen molar-refractivity contribution >= 4 is 29.9 Å². The fraction of sp³-hybridized carbons (Fsp3) is 0.611. The maximum absolute atomic E-state index is 5.27. The first-order valence-electron chi connectivity index (χ1n) is 8.29. The van der Waals surface area contributed by atoms with Crippen molar-refractivity contribution in [3.05, 3.63) is 35.4 Å². The minimum atomic E-state index is 0. The molecule has 1 aromatic carbocycles. The van der Waals surface area contributed by atoms with E-state index in [9.17, 15) is 0 Å². The molecule has 0 aromatic heterocycles. The van der Waals surface area contributed by atoms with Gasteiger partial charge in [-0.2, -0.15) is 0 Å². The zero-order chi connectivity index (χ0) is 16.7. The first kappa shape index (κ1) is 21.2. The van der Waals surface area contributed by atoms with Crippen LogP contribution in [0.2, 0.25) is 0 Å². The Balaban J connectivity index is 0.00000288. The number of nitrogens with one attached hydrogen (secondary N) is 1. The van der Waals surface area contributed by atoms with Crippen LogP contribution in [0.5, 0.6) is 0 Å². The molecule has 0 saturated carbocycles. The second-order valence-electron chi connectivity index (χ2n) is 6.51. The van der Waals surface area contributed by atoms with Crippen LogP contribution in [0.15, 0.2) is 29.3 Å². The van der Waals surface area contributed by atoms with Crippen molar-refractivity contribution in [2.45, 2.75) is 19.5 Å². The summed E-state index contributed by atoms with van der Waals surface area (Å²) in [5.41, 5.74) is 2.63. The first-order valence-corrected chi connectivity index (χ1v) is 8.29. The maximum Gasteiger partial charge on any atom is 0.193 e. The number of rotatable bonds is 6. The van der Waals surface area contributed by atoms with Gasteiger partial charge in [0.05, 0.1) is 6.61 Å². The number of methoxy groups -OCH3 is 1. The van der Waals surface area contributed by atoms with Crippen LogP contribution in [0.25, 0.3) is 0 Å². The van der Waals surface area contributed by atoms with E-state index in [1.165, 1.54) is 17.5 Å². The second kappa shape index (κ2) is 10.9. The zero-order valence-corrected chi connectivity index (χ0v) is 17.6. The molecule has 1 atom stereocenters. The molecule has 1 unspecified atom stereocenters. The minimum absolute atomic E-state index is 0. The number of guanidine groups is 1. The summed E-state index contributed by atoms with van der Waals surface area (Å²) in [5, 5.41) is 3.49. The van der Waals surface area contributed by atoms with E-state index in [0.717, 1.165) is 38.7 Å². The predicted molar refractivity (Wildman–Crippen MR) is 111 cm³/mol. The van der Waals surface area contributed by atoms with Gasteiger partial charge in [0.15, 0.2) is 5.96 Å². The molecule has 0 amide bonds. The van der Waals surface area contributed by atoms with Crippen molar-refractivity contribution in [3.8, 4) is 0 Å². The number of nitrogens with zero attached hydrogens (tertiary/aromatic N) is 3. The van der Waals surface area contributed by atoms with Crippen molar-refractivity contribution in [2.24, 2.45) is 10.9 Å². The molecule has 0 radical (unpaired) electrons. The Labute approximate surface area is 163 Å². The van der Waals surface area contributed by atoms with Crippen LogP contribution >= 0.6 is 24.0 Å². The second-order valence-corrected chi connectivity index (χ2v) is 6.51. The molecule has 136 valence electrons. The number of benzene rings is 1. The summed E-state index contributed by atoms with van der Waals surface area (Å²) in [6, 6.07) is 8.73. The highest BCUT2D eigenvalue weighted by Gasteiger charge is 2.24. The van der Waals surface area contributed by atoms with Crippen LogP contribution in [0.3, 0.4) is 0 Å². The van der Waals surface area contributed by atoms with E-state index in [4.69, 9.17) is 4.74 Å². The molecule has 0 spiro atoms. The summed E-state index contributed by atoms with van der Waals surface area (Å²) in [6.07, 6.45) is 1.17. The van der Waals surface area contributed by atoms with Gasteiger partial charge in [0.25, 0.3) is 0 Å². The molecule has 5 nitrogen and oxygen atoms in total. The first-order chi connectivity index (χ1) is 11.1. The molecular formula is C18H31IN4O. The monoisotopic (exact) mass is 446 g/mol. The van der Waals surface area contributed by atoms with Crippen LogP contribution in [0.1, 0.15) is 17.5 Å². The van der Waals surface area contributed by atoms with E-state index in [2.05, 4.69) is 58.5 Å². The van der Waals surface area contributed by atoms with Crippen LogP contribution < -0.4 is 5.32 Å². The van der Waals surface area contributed by atoms with Gasteiger partial charge in [0.1, 0.15) is 0 Å². The lowest BCUT2D eigenvalue weighted by Crippen LogP contribution is -2.39. The Kier molecular flexibility index (Phi) is 9.61. The van der Waals surface area contributed by atoms with E-state index in [1.807, 2.05) is 7.05 Å². The van der Waals surface area contributed by atoms with Crippen molar-refractivity contribution in [1.82, 2.24) is 15.1 Å². The normalized spacial score (nSPS) is 18.0. The van der Waals surface area contributed by atoms with E-state index in [0.29, 0.717) is 5.92 Å². The standard InChI is InChI=1S/C18H30N4O.HI/c1-19-18(22-9-8-17(13-22)14-23-4)20-11-15-6-5-7-16(10-15)12-21(2)3;/h5-7,10,17H,8-9,11-14H2,1-4H3,(H,19,20);1H. The Hall–Kier alpha value is -0.860. The summed E-state index contributed by atoms with van der Waals surface area (Å²) in [7, 11) is 7.82. The molecular weight excluding hydrogens is 415 g/mol. The number of ether oxygens (including phenoxy) is 1. The molecule has 0 bridgehead atoms.